The number of carboxylic acid groups (broad SMARTS) is 1. The second-order valence-electron chi connectivity index (χ2n) is 4.08. The first-order valence-corrected chi connectivity index (χ1v) is 6.71. The monoisotopic (exact) mass is 339 g/mol. The molecule has 0 bridgehead atoms. The Morgan fingerprint density at radius 2 is 2.00 bits per heavy atom. The van der Waals surface area contributed by atoms with Crippen molar-refractivity contribution in [3.05, 3.63) is 57.0 Å². The van der Waals surface area contributed by atoms with E-state index in [0.717, 1.165) is 11.3 Å². The minimum atomic E-state index is -0.972. The van der Waals surface area contributed by atoms with E-state index in [9.17, 15) is 9.90 Å². The van der Waals surface area contributed by atoms with Crippen molar-refractivity contribution in [3.8, 4) is 0 Å². The van der Waals surface area contributed by atoms with Crippen LogP contribution in [-0.2, 0) is 0 Å². The Morgan fingerprint density at radius 3 is 2.68 bits per heavy atom. The van der Waals surface area contributed by atoms with Crippen LogP contribution < -0.4 is 5.32 Å². The molecule has 0 spiro atoms. The second kappa shape index (κ2) is 5.63. The summed E-state index contributed by atoms with van der Waals surface area (Å²) in [6, 6.07) is 10.5. The zero-order valence-corrected chi connectivity index (χ0v) is 12.4. The van der Waals surface area contributed by atoms with Gasteiger partial charge in [0.05, 0.1) is 26.4 Å². The minimum Gasteiger partial charge on any atom is -0.478 e. The van der Waals surface area contributed by atoms with Gasteiger partial charge in [0.15, 0.2) is 0 Å². The fraction of sp³-hybridized carbons (Fsp3) is 0.0714. The highest BCUT2D eigenvalue weighted by Crippen LogP contribution is 2.33. The molecule has 0 aliphatic rings. The molecule has 2 aromatic carbocycles. The molecule has 0 unspecified atom stereocenters. The standard InChI is InChI=1S/C14H11BrClNO2/c1-8-5-6-9(14(18)19)12(7-8)17-11-4-2-3-10(16)13(11)15/h2-7,17H,1H3,(H,18,19). The second-order valence-corrected chi connectivity index (χ2v) is 5.28. The van der Waals surface area contributed by atoms with Crippen LogP contribution in [0.25, 0.3) is 0 Å². The van der Waals surface area contributed by atoms with Gasteiger partial charge in [-0.3, -0.25) is 0 Å². The maximum Gasteiger partial charge on any atom is 0.337 e. The number of hydrogen-bond donors (Lipinski definition) is 2. The molecule has 2 N–H and O–H groups in total. The summed E-state index contributed by atoms with van der Waals surface area (Å²) in [7, 11) is 0. The molecule has 0 amide bonds. The summed E-state index contributed by atoms with van der Waals surface area (Å²) in [6.45, 7) is 1.91. The van der Waals surface area contributed by atoms with Gasteiger partial charge in [-0.15, -0.1) is 0 Å². The van der Waals surface area contributed by atoms with Crippen LogP contribution in [0.1, 0.15) is 15.9 Å². The Morgan fingerprint density at radius 1 is 1.26 bits per heavy atom. The fourth-order valence-electron chi connectivity index (χ4n) is 1.69. The van der Waals surface area contributed by atoms with E-state index in [1.165, 1.54) is 0 Å². The van der Waals surface area contributed by atoms with Gasteiger partial charge in [-0.05, 0) is 52.7 Å². The van der Waals surface area contributed by atoms with Crippen LogP contribution in [0.15, 0.2) is 40.9 Å². The van der Waals surface area contributed by atoms with Gasteiger partial charge in [0, 0.05) is 0 Å². The molecule has 0 saturated carbocycles. The number of rotatable bonds is 3. The third-order valence-corrected chi connectivity index (χ3v) is 4.02. The summed E-state index contributed by atoms with van der Waals surface area (Å²) in [6.07, 6.45) is 0. The average molecular weight is 341 g/mol. The molecule has 0 aliphatic heterocycles. The van der Waals surface area contributed by atoms with Crippen LogP contribution >= 0.6 is 27.5 Å². The quantitative estimate of drug-likeness (QED) is 0.839. The van der Waals surface area contributed by atoms with Crippen molar-refractivity contribution in [2.24, 2.45) is 0 Å². The number of carboxylic acids is 1. The van der Waals surface area contributed by atoms with E-state index in [1.807, 2.05) is 13.0 Å². The van der Waals surface area contributed by atoms with Gasteiger partial charge in [-0.25, -0.2) is 4.79 Å². The van der Waals surface area contributed by atoms with Crippen molar-refractivity contribution in [2.45, 2.75) is 6.92 Å². The van der Waals surface area contributed by atoms with E-state index in [-0.39, 0.29) is 5.56 Å². The summed E-state index contributed by atoms with van der Waals surface area (Å²) in [5.74, 6) is -0.972. The SMILES string of the molecule is Cc1ccc(C(=O)O)c(Nc2cccc(Cl)c2Br)c1. The predicted molar refractivity (Wildman–Crippen MR) is 80.6 cm³/mol. The fourth-order valence-corrected chi connectivity index (χ4v) is 2.23. The Labute approximate surface area is 124 Å². The number of benzene rings is 2. The summed E-state index contributed by atoms with van der Waals surface area (Å²) in [5.41, 5.74) is 2.46. The van der Waals surface area contributed by atoms with Gasteiger partial charge in [-0.2, -0.15) is 0 Å². The lowest BCUT2D eigenvalue weighted by atomic mass is 10.1. The van der Waals surface area contributed by atoms with Crippen molar-refractivity contribution >= 4 is 44.9 Å². The molecule has 0 saturated heterocycles. The zero-order valence-electron chi connectivity index (χ0n) is 10.1. The first-order valence-electron chi connectivity index (χ1n) is 5.54. The highest BCUT2D eigenvalue weighted by atomic mass is 79.9. The zero-order chi connectivity index (χ0) is 14.0. The van der Waals surface area contributed by atoms with E-state index >= 15 is 0 Å². The highest BCUT2D eigenvalue weighted by molar-refractivity contribution is 9.10. The van der Waals surface area contributed by atoms with Gasteiger partial charge in [-0.1, -0.05) is 23.7 Å². The van der Waals surface area contributed by atoms with Crippen LogP contribution in [0.4, 0.5) is 11.4 Å². The molecule has 98 valence electrons. The first-order chi connectivity index (χ1) is 8.99. The van der Waals surface area contributed by atoms with Crippen molar-refractivity contribution in [1.29, 1.82) is 0 Å². The van der Waals surface area contributed by atoms with Crippen LogP contribution in [0, 0.1) is 6.92 Å². The molecule has 3 nitrogen and oxygen atoms in total. The van der Waals surface area contributed by atoms with Gasteiger partial charge in [0.25, 0.3) is 0 Å². The molecule has 2 rings (SSSR count). The van der Waals surface area contributed by atoms with E-state index in [4.69, 9.17) is 11.6 Å². The highest BCUT2D eigenvalue weighted by Gasteiger charge is 2.12. The van der Waals surface area contributed by atoms with E-state index < -0.39 is 5.97 Å². The number of carbonyl (C=O) groups is 1. The lowest BCUT2D eigenvalue weighted by Gasteiger charge is -2.12. The molecule has 0 aromatic heterocycles. The minimum absolute atomic E-state index is 0.220. The van der Waals surface area contributed by atoms with E-state index in [1.54, 1.807) is 30.3 Å². The molecule has 2 aromatic rings. The maximum atomic E-state index is 11.2. The molecule has 5 heteroatoms. The molecule has 0 fully saturated rings. The number of anilines is 2. The van der Waals surface area contributed by atoms with E-state index in [0.29, 0.717) is 15.2 Å². The normalized spacial score (nSPS) is 10.3. The Kier molecular flexibility index (Phi) is 4.12. The number of halogens is 2. The molecule has 19 heavy (non-hydrogen) atoms. The van der Waals surface area contributed by atoms with Gasteiger partial charge >= 0.3 is 5.97 Å². The molecule has 0 atom stereocenters. The summed E-state index contributed by atoms with van der Waals surface area (Å²) >= 11 is 9.39. The van der Waals surface area contributed by atoms with Crippen LogP contribution in [0.5, 0.6) is 0 Å². The number of aromatic carboxylic acids is 1. The van der Waals surface area contributed by atoms with Crippen molar-refractivity contribution in [2.75, 3.05) is 5.32 Å². The average Bonchev–Trinajstić information content (AvgIpc) is 2.35. The third-order valence-electron chi connectivity index (χ3n) is 2.63. The predicted octanol–water partition coefficient (Wildman–Crippen LogP) is 4.85. The molecular weight excluding hydrogens is 330 g/mol. The number of aryl methyl sites for hydroxylation is 1. The Balaban J connectivity index is 2.45. The topological polar surface area (TPSA) is 49.3 Å². The van der Waals surface area contributed by atoms with Gasteiger partial charge in [0.1, 0.15) is 0 Å². The Hall–Kier alpha value is -1.52. The molecular formula is C14H11BrClNO2. The Bertz CT molecular complexity index is 643. The number of hydrogen-bond acceptors (Lipinski definition) is 2. The van der Waals surface area contributed by atoms with Crippen LogP contribution in [0.3, 0.4) is 0 Å². The van der Waals surface area contributed by atoms with Crippen molar-refractivity contribution in [1.82, 2.24) is 0 Å². The van der Waals surface area contributed by atoms with Gasteiger partial charge < -0.3 is 10.4 Å². The molecule has 0 radical (unpaired) electrons. The molecule has 0 aliphatic carbocycles. The smallest absolute Gasteiger partial charge is 0.337 e. The van der Waals surface area contributed by atoms with Crippen LogP contribution in [0.2, 0.25) is 5.02 Å². The summed E-state index contributed by atoms with van der Waals surface area (Å²) in [4.78, 5) is 11.2. The van der Waals surface area contributed by atoms with E-state index in [2.05, 4.69) is 21.2 Å². The summed E-state index contributed by atoms with van der Waals surface area (Å²) < 4.78 is 0.703. The maximum absolute atomic E-state index is 11.2. The van der Waals surface area contributed by atoms with Crippen molar-refractivity contribution in [3.63, 3.8) is 0 Å². The van der Waals surface area contributed by atoms with Crippen molar-refractivity contribution < 1.29 is 9.90 Å². The molecule has 0 heterocycles. The lowest BCUT2D eigenvalue weighted by Crippen LogP contribution is -2.03. The first kappa shape index (κ1) is 13.9. The number of nitrogens with one attached hydrogen (secondary N) is 1. The van der Waals surface area contributed by atoms with Gasteiger partial charge in [0.2, 0.25) is 0 Å². The largest absolute Gasteiger partial charge is 0.478 e. The lowest BCUT2D eigenvalue weighted by molar-refractivity contribution is 0.0698. The summed E-state index contributed by atoms with van der Waals surface area (Å²) in [5, 5.41) is 12.8. The van der Waals surface area contributed by atoms with Crippen LogP contribution in [-0.4, -0.2) is 11.1 Å². The third kappa shape index (κ3) is 3.08.